The minimum absolute atomic E-state index is 0.0213. The molecule has 9 nitrogen and oxygen atoms in total. The van der Waals surface area contributed by atoms with E-state index in [1.807, 2.05) is 32.0 Å². The lowest BCUT2D eigenvalue weighted by Gasteiger charge is -2.27. The number of fused-ring (bicyclic) bond motifs is 1. The highest BCUT2D eigenvalue weighted by Gasteiger charge is 2.20. The lowest BCUT2D eigenvalue weighted by molar-refractivity contribution is -0.137. The molecule has 3 aromatic rings. The van der Waals surface area contributed by atoms with Gasteiger partial charge in [-0.2, -0.15) is 9.78 Å². The first kappa shape index (κ1) is 29.5. The molecular formula is C30H35BrN4O5. The van der Waals surface area contributed by atoms with Gasteiger partial charge in [0, 0.05) is 29.0 Å². The van der Waals surface area contributed by atoms with Crippen LogP contribution in [-0.2, 0) is 16.0 Å². The highest BCUT2D eigenvalue weighted by Crippen LogP contribution is 2.34. The van der Waals surface area contributed by atoms with E-state index in [1.54, 1.807) is 29.3 Å². The number of halogens is 1. The Balaban J connectivity index is 1.71. The van der Waals surface area contributed by atoms with Gasteiger partial charge in [-0.3, -0.25) is 9.59 Å². The van der Waals surface area contributed by atoms with Crippen LogP contribution in [0.25, 0.3) is 10.9 Å². The predicted octanol–water partition coefficient (Wildman–Crippen LogP) is 4.92. The van der Waals surface area contributed by atoms with E-state index < -0.39 is 0 Å². The van der Waals surface area contributed by atoms with Crippen molar-refractivity contribution in [2.75, 3.05) is 39.5 Å². The van der Waals surface area contributed by atoms with Crippen LogP contribution in [0.5, 0.6) is 11.5 Å². The van der Waals surface area contributed by atoms with Crippen LogP contribution in [0.4, 0.5) is 0 Å². The van der Waals surface area contributed by atoms with E-state index in [0.29, 0.717) is 73.1 Å². The summed E-state index contributed by atoms with van der Waals surface area (Å²) in [5, 5.41) is 5.08. The maximum Gasteiger partial charge on any atom is 0.282 e. The molecule has 2 aromatic carbocycles. The van der Waals surface area contributed by atoms with E-state index in [-0.39, 0.29) is 24.0 Å². The van der Waals surface area contributed by atoms with E-state index in [2.05, 4.69) is 34.5 Å². The zero-order valence-corrected chi connectivity index (χ0v) is 24.8. The van der Waals surface area contributed by atoms with Crippen molar-refractivity contribution in [3.63, 3.8) is 0 Å². The smallest absolute Gasteiger partial charge is 0.282 e. The second-order valence-electron chi connectivity index (χ2n) is 9.52. The number of nitrogens with zero attached hydrogens (tertiary/aromatic N) is 4. The summed E-state index contributed by atoms with van der Waals surface area (Å²) in [7, 11) is 0. The molecule has 10 heteroatoms. The van der Waals surface area contributed by atoms with Gasteiger partial charge in [0.15, 0.2) is 18.1 Å². The van der Waals surface area contributed by atoms with E-state index in [1.165, 1.54) is 4.68 Å². The summed E-state index contributed by atoms with van der Waals surface area (Å²) < 4.78 is 19.5. The second-order valence-corrected chi connectivity index (χ2v) is 10.4. The first-order valence-electron chi connectivity index (χ1n) is 13.5. The topological polar surface area (TPSA) is 95.2 Å². The van der Waals surface area contributed by atoms with Crippen molar-refractivity contribution in [2.24, 2.45) is 5.10 Å². The number of rotatable bonds is 11. The third kappa shape index (κ3) is 6.79. The number of allylic oxidation sites excluding steroid dienone is 1. The number of amides is 1. The first-order chi connectivity index (χ1) is 19.4. The van der Waals surface area contributed by atoms with Crippen LogP contribution in [0.1, 0.15) is 50.1 Å². The predicted molar refractivity (Wildman–Crippen MR) is 160 cm³/mol. The van der Waals surface area contributed by atoms with Crippen molar-refractivity contribution in [2.45, 2.75) is 39.5 Å². The number of benzene rings is 2. The van der Waals surface area contributed by atoms with Gasteiger partial charge < -0.3 is 19.1 Å². The summed E-state index contributed by atoms with van der Waals surface area (Å²) in [5.41, 5.74) is 1.90. The molecule has 40 heavy (non-hydrogen) atoms. The van der Waals surface area contributed by atoms with Gasteiger partial charge in [0.2, 0.25) is 0 Å². The molecule has 1 aliphatic heterocycles. The van der Waals surface area contributed by atoms with E-state index in [9.17, 15) is 9.59 Å². The molecule has 1 amide bonds. The Bertz CT molecular complexity index is 1460. The SMILES string of the molecule is C=CCc1cc(C=Nn2c([C@H](C)CC)nc3ccc(Br)cc3c2=O)cc(OCC)c1OCC(=O)N1CCOCC1. The van der Waals surface area contributed by atoms with Crippen LogP contribution in [0.2, 0.25) is 0 Å². The minimum atomic E-state index is -0.240. The fraction of sp³-hybridized carbons (Fsp3) is 0.400. The maximum atomic E-state index is 13.5. The molecule has 1 fully saturated rings. The third-order valence-corrected chi connectivity index (χ3v) is 7.22. The van der Waals surface area contributed by atoms with Gasteiger partial charge in [-0.15, -0.1) is 6.58 Å². The van der Waals surface area contributed by atoms with Gasteiger partial charge in [0.25, 0.3) is 11.5 Å². The number of carbonyl (C=O) groups excluding carboxylic acids is 1. The lowest BCUT2D eigenvalue weighted by Crippen LogP contribution is -2.43. The number of carbonyl (C=O) groups is 1. The highest BCUT2D eigenvalue weighted by atomic mass is 79.9. The number of hydrogen-bond donors (Lipinski definition) is 0. The largest absolute Gasteiger partial charge is 0.490 e. The maximum absolute atomic E-state index is 13.5. The summed E-state index contributed by atoms with van der Waals surface area (Å²) in [5.74, 6) is 1.50. The molecule has 0 spiro atoms. The fourth-order valence-corrected chi connectivity index (χ4v) is 4.79. The van der Waals surface area contributed by atoms with E-state index in [0.717, 1.165) is 16.5 Å². The van der Waals surface area contributed by atoms with Crippen LogP contribution in [0, 0.1) is 0 Å². The van der Waals surface area contributed by atoms with Gasteiger partial charge in [0.1, 0.15) is 5.82 Å². The van der Waals surface area contributed by atoms with Gasteiger partial charge >= 0.3 is 0 Å². The number of hydrogen-bond acceptors (Lipinski definition) is 7. The molecular weight excluding hydrogens is 576 g/mol. The van der Waals surface area contributed by atoms with Crippen LogP contribution in [-0.4, -0.2) is 66.2 Å². The monoisotopic (exact) mass is 610 g/mol. The molecule has 212 valence electrons. The van der Waals surface area contributed by atoms with Crippen molar-refractivity contribution in [3.05, 3.63) is 74.8 Å². The van der Waals surface area contributed by atoms with Gasteiger partial charge in [-0.1, -0.05) is 35.9 Å². The molecule has 0 N–H and O–H groups in total. The number of aromatic nitrogens is 2. The van der Waals surface area contributed by atoms with Gasteiger partial charge in [-0.25, -0.2) is 4.98 Å². The standard InChI is InChI=1S/C30H35BrN4O5/c1-5-8-22-15-21(16-26(39-7-3)28(22)40-19-27(36)34-11-13-38-14-12-34)18-32-35-29(20(4)6-2)33-25-10-9-23(31)17-24(25)30(35)37/h5,9-10,15-18,20H,1,6-8,11-14,19H2,2-4H3/t20-/m1/s1. The first-order valence-corrected chi connectivity index (χ1v) is 14.3. The van der Waals surface area contributed by atoms with Crippen LogP contribution < -0.4 is 15.0 Å². The number of ether oxygens (including phenoxy) is 3. The van der Waals surface area contributed by atoms with Crippen molar-refractivity contribution in [1.82, 2.24) is 14.6 Å². The van der Waals surface area contributed by atoms with Crippen molar-refractivity contribution in [3.8, 4) is 11.5 Å². The Hall–Kier alpha value is -3.50. The van der Waals surface area contributed by atoms with Crippen LogP contribution in [0.3, 0.4) is 0 Å². The summed E-state index contributed by atoms with van der Waals surface area (Å²) in [6.07, 6.45) is 4.68. The van der Waals surface area contributed by atoms with Crippen molar-refractivity contribution >= 4 is 39.0 Å². The summed E-state index contributed by atoms with van der Waals surface area (Å²) in [6.45, 7) is 12.3. The molecule has 2 heterocycles. The zero-order valence-electron chi connectivity index (χ0n) is 23.2. The quantitative estimate of drug-likeness (QED) is 0.226. The van der Waals surface area contributed by atoms with E-state index in [4.69, 9.17) is 19.2 Å². The van der Waals surface area contributed by atoms with E-state index >= 15 is 0 Å². The summed E-state index contributed by atoms with van der Waals surface area (Å²) in [4.78, 5) is 32.7. The summed E-state index contributed by atoms with van der Waals surface area (Å²) >= 11 is 3.45. The normalized spacial score (nSPS) is 14.4. The van der Waals surface area contributed by atoms with Gasteiger partial charge in [0.05, 0.1) is 36.9 Å². The zero-order chi connectivity index (χ0) is 28.6. The molecule has 0 radical (unpaired) electrons. The molecule has 1 atom stereocenters. The molecule has 0 aliphatic carbocycles. The summed E-state index contributed by atoms with van der Waals surface area (Å²) in [6, 6.07) is 9.17. The molecule has 1 saturated heterocycles. The number of morpholine rings is 1. The Morgan fingerprint density at radius 2 is 2.00 bits per heavy atom. The average molecular weight is 612 g/mol. The Morgan fingerprint density at radius 1 is 1.23 bits per heavy atom. The fourth-order valence-electron chi connectivity index (χ4n) is 4.43. The Morgan fingerprint density at radius 3 is 2.70 bits per heavy atom. The van der Waals surface area contributed by atoms with Crippen molar-refractivity contribution < 1.29 is 19.0 Å². The average Bonchev–Trinajstić information content (AvgIpc) is 2.96. The molecule has 4 rings (SSSR count). The lowest BCUT2D eigenvalue weighted by atomic mass is 10.1. The van der Waals surface area contributed by atoms with Crippen LogP contribution in [0.15, 0.2) is 57.4 Å². The molecule has 0 unspecified atom stereocenters. The minimum Gasteiger partial charge on any atom is -0.490 e. The second kappa shape index (κ2) is 13.7. The highest BCUT2D eigenvalue weighted by molar-refractivity contribution is 9.10. The molecule has 0 bridgehead atoms. The molecule has 0 saturated carbocycles. The molecule has 1 aromatic heterocycles. The third-order valence-electron chi connectivity index (χ3n) is 6.73. The van der Waals surface area contributed by atoms with Gasteiger partial charge in [-0.05, 0) is 55.7 Å². The van der Waals surface area contributed by atoms with Crippen molar-refractivity contribution in [1.29, 1.82) is 0 Å². The Labute approximate surface area is 242 Å². The van der Waals surface area contributed by atoms with Crippen LogP contribution >= 0.6 is 15.9 Å². The Kier molecular flexibility index (Phi) is 10.1. The molecule has 1 aliphatic rings.